The fourth-order valence-corrected chi connectivity index (χ4v) is 2.78. The lowest BCUT2D eigenvalue weighted by molar-refractivity contribution is 0.726. The molecule has 0 bridgehead atoms. The Kier molecular flexibility index (Phi) is 4.06. The molecule has 1 N–H and O–H groups in total. The fraction of sp³-hybridized carbons (Fsp3) is 0.118. The molecule has 3 aromatic rings. The van der Waals surface area contributed by atoms with Gasteiger partial charge >= 0.3 is 0 Å². The predicted molar refractivity (Wildman–Crippen MR) is 90.8 cm³/mol. The zero-order valence-corrected chi connectivity index (χ0v) is 13.0. The Morgan fingerprint density at radius 2 is 1.86 bits per heavy atom. The van der Waals surface area contributed by atoms with Gasteiger partial charge in [-0.15, -0.1) is 0 Å². The molecule has 0 atom stereocenters. The Balaban J connectivity index is 1.79. The highest BCUT2D eigenvalue weighted by Gasteiger charge is 2.02. The van der Waals surface area contributed by atoms with Crippen LogP contribution in [0.5, 0.6) is 0 Å². The largest absolute Gasteiger partial charge is 0.383 e. The molecule has 0 aliphatic heterocycles. The molecule has 2 aromatic carbocycles. The normalized spacial score (nSPS) is 10.7. The van der Waals surface area contributed by atoms with E-state index in [1.807, 2.05) is 54.6 Å². The van der Waals surface area contributed by atoms with E-state index in [1.165, 1.54) is 0 Å². The lowest BCUT2D eigenvalue weighted by Gasteiger charge is -2.11. The molecule has 4 heteroatoms. The van der Waals surface area contributed by atoms with Crippen LogP contribution < -0.4 is 10.9 Å². The highest BCUT2D eigenvalue weighted by molar-refractivity contribution is 9.10. The van der Waals surface area contributed by atoms with Gasteiger partial charge in [-0.3, -0.25) is 4.79 Å². The molecule has 21 heavy (non-hydrogen) atoms. The quantitative estimate of drug-likeness (QED) is 0.780. The second kappa shape index (κ2) is 6.14. The zero-order chi connectivity index (χ0) is 14.7. The Labute approximate surface area is 131 Å². The summed E-state index contributed by atoms with van der Waals surface area (Å²) in [5, 5.41) is 4.42. The minimum atomic E-state index is 0.0322. The smallest absolute Gasteiger partial charge is 0.251 e. The van der Waals surface area contributed by atoms with E-state index in [4.69, 9.17) is 0 Å². The molecule has 106 valence electrons. The molecule has 0 unspecified atom stereocenters. The van der Waals surface area contributed by atoms with Crippen LogP contribution in [-0.2, 0) is 6.54 Å². The van der Waals surface area contributed by atoms with Crippen molar-refractivity contribution in [2.45, 2.75) is 6.54 Å². The average Bonchev–Trinajstić information content (AvgIpc) is 2.50. The third kappa shape index (κ3) is 3.16. The van der Waals surface area contributed by atoms with Crippen LogP contribution in [0.25, 0.3) is 10.9 Å². The van der Waals surface area contributed by atoms with Gasteiger partial charge in [-0.2, -0.15) is 0 Å². The van der Waals surface area contributed by atoms with Gasteiger partial charge in [0, 0.05) is 29.3 Å². The average molecular weight is 343 g/mol. The van der Waals surface area contributed by atoms with Crippen LogP contribution in [0.15, 0.2) is 69.9 Å². The summed E-state index contributed by atoms with van der Waals surface area (Å²) in [7, 11) is 0. The summed E-state index contributed by atoms with van der Waals surface area (Å²) in [6.45, 7) is 1.33. The molecule has 1 aromatic heterocycles. The van der Waals surface area contributed by atoms with Crippen LogP contribution in [-0.4, -0.2) is 11.1 Å². The first-order chi connectivity index (χ1) is 10.2. The van der Waals surface area contributed by atoms with Crippen molar-refractivity contribution in [3.8, 4) is 0 Å². The second-order valence-electron chi connectivity index (χ2n) is 4.82. The molecule has 0 amide bonds. The number of benzene rings is 2. The highest BCUT2D eigenvalue weighted by Crippen LogP contribution is 2.15. The van der Waals surface area contributed by atoms with Crippen LogP contribution in [0, 0.1) is 0 Å². The summed E-state index contributed by atoms with van der Waals surface area (Å²) in [5.74, 6) is 0. The van der Waals surface area contributed by atoms with Crippen LogP contribution in [0.2, 0.25) is 0 Å². The third-order valence-corrected chi connectivity index (χ3v) is 3.88. The van der Waals surface area contributed by atoms with Crippen molar-refractivity contribution in [3.63, 3.8) is 0 Å². The van der Waals surface area contributed by atoms with Gasteiger partial charge in [0.2, 0.25) is 0 Å². The van der Waals surface area contributed by atoms with Gasteiger partial charge in [-0.25, -0.2) is 0 Å². The van der Waals surface area contributed by atoms with E-state index in [0.29, 0.717) is 13.1 Å². The summed E-state index contributed by atoms with van der Waals surface area (Å²) in [4.78, 5) is 12.1. The number of halogens is 1. The number of nitrogens with zero attached hydrogens (tertiary/aromatic N) is 1. The lowest BCUT2D eigenvalue weighted by atomic mass is 10.2. The summed E-state index contributed by atoms with van der Waals surface area (Å²) in [6.07, 6.45) is 0. The highest BCUT2D eigenvalue weighted by atomic mass is 79.9. The van der Waals surface area contributed by atoms with Crippen molar-refractivity contribution >= 4 is 32.5 Å². The molecule has 0 aliphatic carbocycles. The molecule has 0 saturated heterocycles. The number of para-hydroxylation sites is 1. The van der Waals surface area contributed by atoms with Gasteiger partial charge in [-0.1, -0.05) is 40.2 Å². The summed E-state index contributed by atoms with van der Waals surface area (Å²) in [6, 6.07) is 19.4. The van der Waals surface area contributed by atoms with E-state index >= 15 is 0 Å². The number of fused-ring (bicyclic) bond motifs is 1. The van der Waals surface area contributed by atoms with Crippen molar-refractivity contribution in [2.75, 3.05) is 11.9 Å². The predicted octanol–water partition coefficient (Wildman–Crippen LogP) is 3.88. The first-order valence-corrected chi connectivity index (χ1v) is 7.61. The van der Waals surface area contributed by atoms with E-state index < -0.39 is 0 Å². The monoisotopic (exact) mass is 342 g/mol. The Morgan fingerprint density at radius 3 is 2.71 bits per heavy atom. The molecule has 3 rings (SSSR count). The number of rotatable bonds is 4. The molecular formula is C17H15BrN2O. The number of hydrogen-bond donors (Lipinski definition) is 1. The molecule has 0 fully saturated rings. The van der Waals surface area contributed by atoms with E-state index in [-0.39, 0.29) is 5.56 Å². The maximum atomic E-state index is 12.1. The van der Waals surface area contributed by atoms with E-state index in [1.54, 1.807) is 10.6 Å². The minimum absolute atomic E-state index is 0.0322. The van der Waals surface area contributed by atoms with Crippen molar-refractivity contribution < 1.29 is 0 Å². The minimum Gasteiger partial charge on any atom is -0.383 e. The molecule has 0 spiro atoms. The van der Waals surface area contributed by atoms with Crippen LogP contribution in [0.3, 0.4) is 0 Å². The maximum Gasteiger partial charge on any atom is 0.251 e. The number of aromatic nitrogens is 1. The molecule has 3 nitrogen and oxygen atoms in total. The van der Waals surface area contributed by atoms with Gasteiger partial charge < -0.3 is 9.88 Å². The molecule has 0 aliphatic rings. The first kappa shape index (κ1) is 13.9. The fourth-order valence-electron chi connectivity index (χ4n) is 2.39. The number of anilines is 1. The van der Waals surface area contributed by atoms with Crippen molar-refractivity contribution in [2.24, 2.45) is 0 Å². The van der Waals surface area contributed by atoms with Gasteiger partial charge in [0.25, 0.3) is 5.56 Å². The standard InChI is InChI=1S/C17H15BrN2O/c18-14-5-3-6-15(12-14)19-10-11-20-16-7-2-1-4-13(16)8-9-17(20)21/h1-9,12,19H,10-11H2. The SMILES string of the molecule is O=c1ccc2ccccc2n1CCNc1cccc(Br)c1. The van der Waals surface area contributed by atoms with Gasteiger partial charge in [0.1, 0.15) is 0 Å². The first-order valence-electron chi connectivity index (χ1n) is 6.82. The number of nitrogens with one attached hydrogen (secondary N) is 1. The van der Waals surface area contributed by atoms with Crippen molar-refractivity contribution in [1.29, 1.82) is 0 Å². The van der Waals surface area contributed by atoms with Crippen LogP contribution in [0.1, 0.15) is 0 Å². The third-order valence-electron chi connectivity index (χ3n) is 3.39. The topological polar surface area (TPSA) is 34.0 Å². The van der Waals surface area contributed by atoms with E-state index in [0.717, 1.165) is 21.1 Å². The van der Waals surface area contributed by atoms with Crippen molar-refractivity contribution in [1.82, 2.24) is 4.57 Å². The van der Waals surface area contributed by atoms with Gasteiger partial charge in [0.05, 0.1) is 5.52 Å². The van der Waals surface area contributed by atoms with Gasteiger partial charge in [0.15, 0.2) is 0 Å². The summed E-state index contributed by atoms with van der Waals surface area (Å²) < 4.78 is 2.84. The zero-order valence-electron chi connectivity index (χ0n) is 11.4. The Bertz CT molecular complexity index is 826. The van der Waals surface area contributed by atoms with Crippen LogP contribution in [0.4, 0.5) is 5.69 Å². The van der Waals surface area contributed by atoms with Crippen LogP contribution >= 0.6 is 15.9 Å². The summed E-state index contributed by atoms with van der Waals surface area (Å²) in [5.41, 5.74) is 2.04. The molecule has 1 heterocycles. The number of hydrogen-bond acceptors (Lipinski definition) is 2. The summed E-state index contributed by atoms with van der Waals surface area (Å²) >= 11 is 3.45. The van der Waals surface area contributed by atoms with E-state index in [2.05, 4.69) is 21.2 Å². The number of pyridine rings is 1. The molecule has 0 saturated carbocycles. The maximum absolute atomic E-state index is 12.1. The molecule has 0 radical (unpaired) electrons. The second-order valence-corrected chi connectivity index (χ2v) is 5.73. The Morgan fingerprint density at radius 1 is 1.00 bits per heavy atom. The molecular weight excluding hydrogens is 328 g/mol. The van der Waals surface area contributed by atoms with Crippen molar-refractivity contribution in [3.05, 3.63) is 75.5 Å². The Hall–Kier alpha value is -2.07. The van der Waals surface area contributed by atoms with E-state index in [9.17, 15) is 4.79 Å². The lowest BCUT2D eigenvalue weighted by Crippen LogP contribution is -2.23. The van der Waals surface area contributed by atoms with Gasteiger partial charge in [-0.05, 0) is 35.7 Å².